The monoisotopic (exact) mass is 505 g/mol. The molecule has 0 aliphatic heterocycles. The molecule has 1 aromatic heterocycles. The van der Waals surface area contributed by atoms with Crippen LogP contribution in [0.1, 0.15) is 5.56 Å². The van der Waals surface area contributed by atoms with Crippen LogP contribution in [0.2, 0.25) is 5.02 Å². The lowest BCUT2D eigenvalue weighted by molar-refractivity contribution is 0.306. The molecule has 3 aromatic carbocycles. The SMILES string of the molecule is Nc1nc(-c2ccc(OCc3cccc(F)c3)c(Cl)c2)c2cc(I)ccc2n1. The summed E-state index contributed by atoms with van der Waals surface area (Å²) < 4.78 is 20.1. The minimum Gasteiger partial charge on any atom is -0.487 e. The highest BCUT2D eigenvalue weighted by Gasteiger charge is 2.12. The summed E-state index contributed by atoms with van der Waals surface area (Å²) in [5.41, 5.74) is 8.89. The second-order valence-electron chi connectivity index (χ2n) is 6.16. The molecule has 0 aliphatic carbocycles. The number of halogens is 3. The molecule has 28 heavy (non-hydrogen) atoms. The Hall–Kier alpha value is -2.45. The number of hydrogen-bond donors (Lipinski definition) is 1. The van der Waals surface area contributed by atoms with Gasteiger partial charge in [0.15, 0.2) is 0 Å². The molecule has 2 N–H and O–H groups in total. The molecule has 0 amide bonds. The van der Waals surface area contributed by atoms with Crippen LogP contribution >= 0.6 is 34.2 Å². The summed E-state index contributed by atoms with van der Waals surface area (Å²) in [5.74, 6) is 0.409. The predicted molar refractivity (Wildman–Crippen MR) is 118 cm³/mol. The molecular weight excluding hydrogens is 492 g/mol. The zero-order chi connectivity index (χ0) is 19.7. The van der Waals surface area contributed by atoms with Gasteiger partial charge in [-0.15, -0.1) is 0 Å². The van der Waals surface area contributed by atoms with E-state index in [9.17, 15) is 4.39 Å². The van der Waals surface area contributed by atoms with E-state index < -0.39 is 0 Å². The average Bonchev–Trinajstić information content (AvgIpc) is 2.67. The molecule has 0 unspecified atom stereocenters. The van der Waals surface area contributed by atoms with E-state index in [4.69, 9.17) is 22.1 Å². The molecule has 0 saturated heterocycles. The van der Waals surface area contributed by atoms with Crippen LogP contribution < -0.4 is 10.5 Å². The normalized spacial score (nSPS) is 11.0. The first kappa shape index (κ1) is 18.9. The van der Waals surface area contributed by atoms with Gasteiger partial charge in [-0.1, -0.05) is 23.7 Å². The maximum Gasteiger partial charge on any atom is 0.221 e. The van der Waals surface area contributed by atoms with Crippen molar-refractivity contribution in [1.29, 1.82) is 0 Å². The highest BCUT2D eigenvalue weighted by molar-refractivity contribution is 14.1. The van der Waals surface area contributed by atoms with Gasteiger partial charge in [-0.2, -0.15) is 0 Å². The second kappa shape index (κ2) is 7.89. The van der Waals surface area contributed by atoms with Crippen LogP contribution in [0.15, 0.2) is 60.7 Å². The number of nitrogens with zero attached hydrogens (tertiary/aromatic N) is 2. The molecule has 0 bridgehead atoms. The van der Waals surface area contributed by atoms with E-state index in [0.29, 0.717) is 16.5 Å². The van der Waals surface area contributed by atoms with Crippen molar-refractivity contribution in [3.05, 3.63) is 80.6 Å². The largest absolute Gasteiger partial charge is 0.487 e. The quantitative estimate of drug-likeness (QED) is 0.353. The topological polar surface area (TPSA) is 61.0 Å². The maximum atomic E-state index is 13.3. The van der Waals surface area contributed by atoms with Gasteiger partial charge in [-0.05, 0) is 76.7 Å². The first-order valence-corrected chi connectivity index (χ1v) is 9.85. The second-order valence-corrected chi connectivity index (χ2v) is 7.81. The fraction of sp³-hybridized carbons (Fsp3) is 0.0476. The minimum absolute atomic E-state index is 0.200. The van der Waals surface area contributed by atoms with Crippen molar-refractivity contribution < 1.29 is 9.13 Å². The molecule has 4 aromatic rings. The Bertz CT molecular complexity index is 1190. The standard InChI is InChI=1S/C21H14ClFIN3O/c22-17-9-13(4-7-19(17)28-11-12-2-1-3-14(23)8-12)20-16-10-15(24)5-6-18(16)26-21(25)27-20/h1-10H,11H2,(H2,25,26,27). The van der Waals surface area contributed by atoms with Gasteiger partial charge in [-0.3, -0.25) is 0 Å². The van der Waals surface area contributed by atoms with Gasteiger partial charge in [0.05, 0.1) is 16.2 Å². The maximum absolute atomic E-state index is 13.3. The van der Waals surface area contributed by atoms with E-state index in [1.807, 2.05) is 24.3 Å². The Labute approximate surface area is 179 Å². The van der Waals surface area contributed by atoms with Crippen LogP contribution in [0.25, 0.3) is 22.2 Å². The average molecular weight is 506 g/mol. The Kier molecular flexibility index (Phi) is 5.32. The fourth-order valence-electron chi connectivity index (χ4n) is 2.89. The smallest absolute Gasteiger partial charge is 0.221 e. The number of fused-ring (bicyclic) bond motifs is 1. The Morgan fingerprint density at radius 2 is 1.89 bits per heavy atom. The zero-order valence-electron chi connectivity index (χ0n) is 14.5. The van der Waals surface area contributed by atoms with E-state index in [2.05, 4.69) is 32.6 Å². The molecule has 0 atom stereocenters. The predicted octanol–water partition coefficient (Wildman–Crippen LogP) is 5.86. The molecule has 4 nitrogen and oxygen atoms in total. The van der Waals surface area contributed by atoms with E-state index in [1.54, 1.807) is 24.3 Å². The highest BCUT2D eigenvalue weighted by atomic mass is 127. The minimum atomic E-state index is -0.301. The van der Waals surface area contributed by atoms with Gasteiger partial charge in [0.25, 0.3) is 0 Å². The first-order chi connectivity index (χ1) is 13.5. The van der Waals surface area contributed by atoms with Crippen LogP contribution in [0.3, 0.4) is 0 Å². The molecule has 140 valence electrons. The van der Waals surface area contributed by atoms with Crippen molar-refractivity contribution in [1.82, 2.24) is 9.97 Å². The lowest BCUT2D eigenvalue weighted by Gasteiger charge is -2.11. The number of nitrogens with two attached hydrogens (primary N) is 1. The summed E-state index contributed by atoms with van der Waals surface area (Å²) in [7, 11) is 0. The third-order valence-electron chi connectivity index (χ3n) is 4.16. The number of benzene rings is 3. The molecule has 0 spiro atoms. The molecule has 1 heterocycles. The number of aromatic nitrogens is 2. The van der Waals surface area contributed by atoms with Crippen molar-refractivity contribution in [2.24, 2.45) is 0 Å². The number of hydrogen-bond acceptors (Lipinski definition) is 4. The molecular formula is C21H14ClFIN3O. The van der Waals surface area contributed by atoms with Gasteiger partial charge in [0.2, 0.25) is 5.95 Å². The van der Waals surface area contributed by atoms with Crippen LogP contribution in [0.4, 0.5) is 10.3 Å². The van der Waals surface area contributed by atoms with Crippen LogP contribution in [-0.2, 0) is 6.61 Å². The number of ether oxygens (including phenoxy) is 1. The van der Waals surface area contributed by atoms with E-state index in [1.165, 1.54) is 12.1 Å². The zero-order valence-corrected chi connectivity index (χ0v) is 17.4. The molecule has 4 rings (SSSR count). The van der Waals surface area contributed by atoms with Gasteiger partial charge in [-0.25, -0.2) is 14.4 Å². The van der Waals surface area contributed by atoms with Crippen LogP contribution in [0.5, 0.6) is 5.75 Å². The van der Waals surface area contributed by atoms with Crippen molar-refractivity contribution in [3.63, 3.8) is 0 Å². The van der Waals surface area contributed by atoms with E-state index in [-0.39, 0.29) is 18.4 Å². The molecule has 0 aliphatic rings. The summed E-state index contributed by atoms with van der Waals surface area (Å²) >= 11 is 8.67. The third kappa shape index (κ3) is 4.02. The van der Waals surface area contributed by atoms with Gasteiger partial charge >= 0.3 is 0 Å². The lowest BCUT2D eigenvalue weighted by atomic mass is 10.1. The Morgan fingerprint density at radius 1 is 1.04 bits per heavy atom. The number of anilines is 1. The van der Waals surface area contributed by atoms with E-state index >= 15 is 0 Å². The summed E-state index contributed by atoms with van der Waals surface area (Å²) in [5, 5.41) is 1.33. The summed E-state index contributed by atoms with van der Waals surface area (Å²) in [6, 6.07) is 17.6. The molecule has 0 saturated carbocycles. The lowest BCUT2D eigenvalue weighted by Crippen LogP contribution is -1.99. The van der Waals surface area contributed by atoms with Gasteiger partial charge in [0.1, 0.15) is 18.2 Å². The van der Waals surface area contributed by atoms with E-state index in [0.717, 1.165) is 25.6 Å². The number of nitrogen functional groups attached to an aromatic ring is 1. The van der Waals surface area contributed by atoms with Crippen molar-refractivity contribution >= 4 is 51.0 Å². The van der Waals surface area contributed by atoms with Crippen molar-refractivity contribution in [3.8, 4) is 17.0 Å². The third-order valence-corrected chi connectivity index (χ3v) is 5.13. The van der Waals surface area contributed by atoms with Gasteiger partial charge in [0, 0.05) is 14.5 Å². The number of rotatable bonds is 4. The first-order valence-electron chi connectivity index (χ1n) is 8.39. The Balaban J connectivity index is 1.66. The summed E-state index contributed by atoms with van der Waals surface area (Å²) in [6.07, 6.45) is 0. The summed E-state index contributed by atoms with van der Waals surface area (Å²) in [6.45, 7) is 0.221. The van der Waals surface area contributed by atoms with Crippen LogP contribution in [0, 0.1) is 9.39 Å². The molecule has 0 fully saturated rings. The highest BCUT2D eigenvalue weighted by Crippen LogP contribution is 2.34. The van der Waals surface area contributed by atoms with Gasteiger partial charge < -0.3 is 10.5 Å². The Morgan fingerprint density at radius 3 is 2.68 bits per heavy atom. The van der Waals surface area contributed by atoms with Crippen molar-refractivity contribution in [2.45, 2.75) is 6.61 Å². The molecule has 7 heteroatoms. The fourth-order valence-corrected chi connectivity index (χ4v) is 3.62. The van der Waals surface area contributed by atoms with Crippen molar-refractivity contribution in [2.75, 3.05) is 5.73 Å². The van der Waals surface area contributed by atoms with Crippen LogP contribution in [-0.4, -0.2) is 9.97 Å². The molecule has 0 radical (unpaired) electrons. The summed E-state index contributed by atoms with van der Waals surface area (Å²) in [4.78, 5) is 8.70.